The summed E-state index contributed by atoms with van der Waals surface area (Å²) >= 11 is 0.300. The van der Waals surface area contributed by atoms with Gasteiger partial charge < -0.3 is 5.11 Å². The molecule has 0 bridgehead atoms. The standard InChI is InChI=1S/C21H16N4O12S3/c1-10-2-4-12(5-3-10)25-20(26)18(19(24-25)21(27)28)23-22-15-9-14-11(7-17(15)40(33,34)35)6-13(38-37-36-29)8-16(14)39(30,31)32/h2-9,18,29H,1H3,(H,27,28)(H,30,31,32)(H,33,34,35). The highest BCUT2D eigenvalue weighted by molar-refractivity contribution is 7.94. The fourth-order valence-corrected chi connectivity index (χ4v) is 5.51. The topological polar surface area (TPSA) is 242 Å². The van der Waals surface area contributed by atoms with E-state index in [1.807, 2.05) is 0 Å². The van der Waals surface area contributed by atoms with Gasteiger partial charge in [-0.2, -0.15) is 37.2 Å². The molecule has 1 unspecified atom stereocenters. The van der Waals surface area contributed by atoms with Crippen molar-refractivity contribution in [2.24, 2.45) is 15.3 Å². The van der Waals surface area contributed by atoms with Gasteiger partial charge in [0.25, 0.3) is 26.1 Å². The predicted molar refractivity (Wildman–Crippen MR) is 136 cm³/mol. The van der Waals surface area contributed by atoms with Crippen molar-refractivity contribution >= 4 is 72.0 Å². The highest BCUT2D eigenvalue weighted by Gasteiger charge is 2.41. The Morgan fingerprint density at radius 2 is 1.68 bits per heavy atom. The molecule has 16 nitrogen and oxygen atoms in total. The number of hydrazone groups is 1. The number of amides is 1. The van der Waals surface area contributed by atoms with Gasteiger partial charge in [0.15, 0.2) is 5.71 Å². The minimum atomic E-state index is -5.06. The molecule has 0 spiro atoms. The summed E-state index contributed by atoms with van der Waals surface area (Å²) in [7, 11) is -10.0. The van der Waals surface area contributed by atoms with Gasteiger partial charge in [0.1, 0.15) is 15.5 Å². The maximum Gasteiger partial charge on any atom is 0.355 e. The number of carbonyl (C=O) groups is 2. The lowest BCUT2D eigenvalue weighted by Crippen LogP contribution is -2.33. The monoisotopic (exact) mass is 612 g/mol. The number of aliphatic carboxylic acids is 1. The predicted octanol–water partition coefficient (Wildman–Crippen LogP) is 3.01. The second-order valence-electron chi connectivity index (χ2n) is 8.03. The Balaban J connectivity index is 1.85. The molecule has 0 radical (unpaired) electrons. The van der Waals surface area contributed by atoms with E-state index in [0.29, 0.717) is 12.0 Å². The van der Waals surface area contributed by atoms with Gasteiger partial charge in [-0.05, 0) is 48.7 Å². The maximum absolute atomic E-state index is 13.0. The van der Waals surface area contributed by atoms with Crippen LogP contribution in [0.25, 0.3) is 10.8 Å². The molecule has 0 saturated carbocycles. The van der Waals surface area contributed by atoms with Crippen molar-refractivity contribution in [1.29, 1.82) is 0 Å². The van der Waals surface area contributed by atoms with E-state index in [-0.39, 0.29) is 21.4 Å². The van der Waals surface area contributed by atoms with Crippen molar-refractivity contribution in [3.63, 3.8) is 0 Å². The fraction of sp³-hybridized carbons (Fsp3) is 0.0952. The number of hydrogen-bond acceptors (Lipinski definition) is 13. The summed E-state index contributed by atoms with van der Waals surface area (Å²) < 4.78 is 72.2. The van der Waals surface area contributed by atoms with E-state index in [2.05, 4.69) is 24.7 Å². The van der Waals surface area contributed by atoms with Crippen LogP contribution in [-0.2, 0) is 39.2 Å². The molecule has 4 rings (SSSR count). The van der Waals surface area contributed by atoms with Crippen LogP contribution in [0, 0.1) is 6.92 Å². The third-order valence-corrected chi connectivity index (χ3v) is 7.71. The van der Waals surface area contributed by atoms with Gasteiger partial charge in [-0.25, -0.2) is 10.1 Å². The summed E-state index contributed by atoms with van der Waals surface area (Å²) in [6, 6.07) is 8.17. The van der Waals surface area contributed by atoms with Crippen molar-refractivity contribution in [2.45, 2.75) is 27.7 Å². The number of benzene rings is 3. The molecule has 1 heterocycles. The number of anilines is 1. The molecular formula is C21H16N4O12S3. The fourth-order valence-electron chi connectivity index (χ4n) is 3.62. The van der Waals surface area contributed by atoms with Gasteiger partial charge in [-0.1, -0.05) is 22.7 Å². The van der Waals surface area contributed by atoms with E-state index in [9.17, 15) is 40.6 Å². The second-order valence-corrected chi connectivity index (χ2v) is 11.6. The number of fused-ring (bicyclic) bond motifs is 1. The summed E-state index contributed by atoms with van der Waals surface area (Å²) in [6.45, 7) is 1.79. The van der Waals surface area contributed by atoms with Gasteiger partial charge in [0.2, 0.25) is 6.04 Å². The first-order chi connectivity index (χ1) is 18.7. The number of nitrogens with zero attached hydrogens (tertiary/aromatic N) is 4. The number of carboxylic acids is 1. The Morgan fingerprint density at radius 3 is 2.25 bits per heavy atom. The van der Waals surface area contributed by atoms with E-state index in [4.69, 9.17) is 5.26 Å². The van der Waals surface area contributed by atoms with E-state index < -0.39 is 59.3 Å². The lowest BCUT2D eigenvalue weighted by atomic mass is 10.1. The SMILES string of the molecule is Cc1ccc(N2N=C(C(=O)O)C(N=Nc3cc4c(S(=O)(=O)O)cc(SOOO)cc4cc3S(=O)(=O)O)C2=O)cc1. The van der Waals surface area contributed by atoms with Crippen LogP contribution in [0.1, 0.15) is 5.56 Å². The zero-order chi connectivity index (χ0) is 29.4. The van der Waals surface area contributed by atoms with Crippen LogP contribution in [-0.4, -0.2) is 59.9 Å². The third-order valence-electron chi connectivity index (χ3n) is 5.37. The summed E-state index contributed by atoms with van der Waals surface area (Å²) in [5.74, 6) is -2.56. The molecule has 0 aliphatic carbocycles. The van der Waals surface area contributed by atoms with Crippen LogP contribution in [0.4, 0.5) is 11.4 Å². The molecule has 1 aliphatic heterocycles. The third kappa shape index (κ3) is 6.00. The average molecular weight is 613 g/mol. The van der Waals surface area contributed by atoms with Gasteiger partial charge >= 0.3 is 5.97 Å². The zero-order valence-electron chi connectivity index (χ0n) is 19.8. The molecule has 1 amide bonds. The molecule has 0 fully saturated rings. The Kier molecular flexibility index (Phi) is 8.01. The van der Waals surface area contributed by atoms with Crippen molar-refractivity contribution < 1.29 is 55.3 Å². The second kappa shape index (κ2) is 11.0. The first-order valence-corrected chi connectivity index (χ1v) is 14.2. The normalized spacial score (nSPS) is 16.2. The lowest BCUT2D eigenvalue weighted by Gasteiger charge is -2.12. The average Bonchev–Trinajstić information content (AvgIpc) is 3.20. The smallest absolute Gasteiger partial charge is 0.355 e. The maximum atomic E-state index is 13.0. The molecule has 3 aromatic carbocycles. The van der Waals surface area contributed by atoms with Gasteiger partial charge in [-0.3, -0.25) is 13.9 Å². The molecule has 0 saturated heterocycles. The summed E-state index contributed by atoms with van der Waals surface area (Å²) in [5, 5.41) is 32.8. The Labute approximate surface area is 229 Å². The number of hydrogen-bond donors (Lipinski definition) is 4. The van der Waals surface area contributed by atoms with Crippen LogP contribution in [0.5, 0.6) is 0 Å². The van der Waals surface area contributed by atoms with E-state index in [1.165, 1.54) is 18.2 Å². The van der Waals surface area contributed by atoms with Gasteiger partial charge in [0, 0.05) is 10.3 Å². The van der Waals surface area contributed by atoms with Crippen LogP contribution in [0.2, 0.25) is 0 Å². The number of aryl methyl sites for hydroxylation is 1. The van der Waals surface area contributed by atoms with Crippen molar-refractivity contribution in [2.75, 3.05) is 5.01 Å². The van der Waals surface area contributed by atoms with Crippen LogP contribution in [0.15, 0.2) is 78.5 Å². The summed E-state index contributed by atoms with van der Waals surface area (Å²) in [6.07, 6.45) is 0. The van der Waals surface area contributed by atoms with Crippen molar-refractivity contribution in [3.05, 3.63) is 54.1 Å². The molecular weight excluding hydrogens is 596 g/mol. The number of carboxylic acid groups (broad SMARTS) is 1. The largest absolute Gasteiger partial charge is 0.477 e. The van der Waals surface area contributed by atoms with Gasteiger partial charge in [-0.15, -0.1) is 4.33 Å². The number of carbonyl (C=O) groups excluding carboxylic acids is 1. The van der Waals surface area contributed by atoms with E-state index in [1.54, 1.807) is 19.1 Å². The molecule has 4 N–H and O–H groups in total. The molecule has 19 heteroatoms. The number of azo groups is 1. The van der Waals surface area contributed by atoms with Crippen molar-refractivity contribution in [3.8, 4) is 0 Å². The summed E-state index contributed by atoms with van der Waals surface area (Å²) in [4.78, 5) is 23.0. The first kappa shape index (κ1) is 29.2. The molecule has 0 aromatic heterocycles. The van der Waals surface area contributed by atoms with Crippen molar-refractivity contribution in [1.82, 2.24) is 0 Å². The highest BCUT2D eigenvalue weighted by atomic mass is 32.2. The Hall–Kier alpha value is -3.82. The Morgan fingerprint density at radius 1 is 1.02 bits per heavy atom. The van der Waals surface area contributed by atoms with Crippen LogP contribution >= 0.6 is 12.0 Å². The van der Waals surface area contributed by atoms with Gasteiger partial charge in [0.05, 0.1) is 17.7 Å². The Bertz CT molecular complexity index is 1810. The quantitative estimate of drug-likeness (QED) is 0.0894. The van der Waals surface area contributed by atoms with E-state index in [0.717, 1.165) is 28.8 Å². The lowest BCUT2D eigenvalue weighted by molar-refractivity contribution is -0.432. The zero-order valence-corrected chi connectivity index (χ0v) is 22.2. The van der Waals surface area contributed by atoms with Crippen LogP contribution in [0.3, 0.4) is 0 Å². The first-order valence-electron chi connectivity index (χ1n) is 10.6. The highest BCUT2D eigenvalue weighted by Crippen LogP contribution is 2.37. The molecule has 1 aliphatic rings. The minimum absolute atomic E-state index is 0.0834. The van der Waals surface area contributed by atoms with Crippen LogP contribution < -0.4 is 5.01 Å². The molecule has 40 heavy (non-hydrogen) atoms. The minimum Gasteiger partial charge on any atom is -0.477 e. The summed E-state index contributed by atoms with van der Waals surface area (Å²) in [5.41, 5.74) is -0.359. The molecule has 1 atom stereocenters. The molecule has 210 valence electrons. The molecule has 3 aromatic rings. The number of rotatable bonds is 9. The van der Waals surface area contributed by atoms with E-state index >= 15 is 0 Å².